The number of aliphatic hydroxyl groups is 1. The van der Waals surface area contributed by atoms with Crippen LogP contribution in [0.1, 0.15) is 63.8 Å². The fourth-order valence-electron chi connectivity index (χ4n) is 8.10. The molecule has 0 spiro atoms. The maximum atomic E-state index is 13.6. The Morgan fingerprint density at radius 1 is 0.951 bits per heavy atom. The number of carboxylic acids is 1. The number of nitrogen functional groups attached to an aromatic ring is 1. The van der Waals surface area contributed by atoms with Crippen LogP contribution in [0.2, 0.25) is 0 Å². The van der Waals surface area contributed by atoms with Crippen molar-refractivity contribution in [2.75, 3.05) is 53.9 Å². The number of nitrogens with two attached hydrogens (primary N) is 1. The normalized spacial score (nSPS) is 14.5. The number of phosphoric acid groups is 3. The Hall–Kier alpha value is -8.02. The van der Waals surface area contributed by atoms with Crippen LogP contribution in [0.4, 0.5) is 11.5 Å². The fraction of sp³-hybridized carbons (Fsp3) is 0.260. The summed E-state index contributed by atoms with van der Waals surface area (Å²) in [5.41, 5.74) is 7.35. The van der Waals surface area contributed by atoms with Gasteiger partial charge in [0, 0.05) is 86.3 Å². The highest BCUT2D eigenvalue weighted by Crippen LogP contribution is 2.71. The van der Waals surface area contributed by atoms with E-state index in [0.29, 0.717) is 33.1 Å². The molecule has 1 aliphatic heterocycles. The molecule has 28 nitrogen and oxygen atoms in total. The predicted molar refractivity (Wildman–Crippen MR) is 287 cm³/mol. The van der Waals surface area contributed by atoms with Crippen molar-refractivity contribution < 1.29 is 93.8 Å². The number of amides is 1. The quantitative estimate of drug-likeness (QED) is 0.00777. The lowest BCUT2D eigenvalue weighted by Crippen LogP contribution is -2.23. The van der Waals surface area contributed by atoms with Gasteiger partial charge in [-0.15, -0.1) is 0 Å². The number of aromatic carboxylic acids is 1. The average Bonchev–Trinajstić information content (AvgIpc) is 3.96. The number of allylic oxidation sites excluding steroid dienone is 1. The molecule has 81 heavy (non-hydrogen) atoms. The second-order valence-corrected chi connectivity index (χ2v) is 22.3. The number of nitrogens with one attached hydrogen (secondary N) is 1. The van der Waals surface area contributed by atoms with E-state index in [0.717, 1.165) is 21.3 Å². The molecule has 7 N–H and O–H groups in total. The number of carbonyl (C=O) groups is 2. The van der Waals surface area contributed by atoms with E-state index in [1.165, 1.54) is 80.2 Å². The molecule has 2 aliphatic rings. The number of hydrogen-bond donors (Lipinski definition) is 6. The predicted octanol–water partition coefficient (Wildman–Crippen LogP) is 8.77. The SMILES string of the molecule is CCO/C(COP(=O)(OC)OP(=O)(OC)OP(=O)(O)OC)=C(/O)CCn1cc(CO[C@@H](C)c2cc(OC)c(C#CCNC(=O)c3ccc(C(=O)O)c(-c4c5ccc(=O)cc-5oc5cc(O)ccc45)c3)cc2[N+](=O)[O-])c2c(N)ncnc21. The number of nitro benzene ring substituents is 1. The van der Waals surface area contributed by atoms with Gasteiger partial charge in [0.05, 0.1) is 60.0 Å². The van der Waals surface area contributed by atoms with Gasteiger partial charge in [0.2, 0.25) is 0 Å². The van der Waals surface area contributed by atoms with Crippen LogP contribution in [0, 0.1) is 22.0 Å². The Bertz CT molecular complexity index is 3850. The number of fused-ring (bicyclic) bond motifs is 3. The summed E-state index contributed by atoms with van der Waals surface area (Å²) >= 11 is 0. The van der Waals surface area contributed by atoms with Gasteiger partial charge in [-0.3, -0.25) is 37.8 Å². The lowest BCUT2D eigenvalue weighted by molar-refractivity contribution is -0.386. The number of benzene rings is 4. The van der Waals surface area contributed by atoms with Crippen molar-refractivity contribution in [2.24, 2.45) is 0 Å². The van der Waals surface area contributed by atoms with Crippen LogP contribution in [0.25, 0.3) is 44.5 Å². The number of aryl methyl sites for hydroxylation is 1. The Balaban J connectivity index is 1.06. The number of carboxylic acid groups (broad SMARTS) is 1. The lowest BCUT2D eigenvalue weighted by Gasteiger charge is -2.22. The highest BCUT2D eigenvalue weighted by molar-refractivity contribution is 7.67. The minimum atomic E-state index is -5.11. The molecule has 0 saturated heterocycles. The van der Waals surface area contributed by atoms with E-state index in [4.69, 9.17) is 37.7 Å². The molecule has 3 aromatic carbocycles. The van der Waals surface area contributed by atoms with Crippen LogP contribution in [0.15, 0.2) is 100.0 Å². The monoisotopic (exact) mass is 1180 g/mol. The zero-order valence-electron chi connectivity index (χ0n) is 43.7. The first-order chi connectivity index (χ1) is 38.5. The molecular formula is C50H51N6O22P3. The van der Waals surface area contributed by atoms with E-state index in [9.17, 15) is 58.4 Å². The molecule has 3 unspecified atom stereocenters. The molecule has 1 aliphatic carbocycles. The molecule has 7 rings (SSSR count). The van der Waals surface area contributed by atoms with Gasteiger partial charge in [-0.2, -0.15) is 8.62 Å². The number of aliphatic hydroxyl groups excluding tert-OH is 1. The molecule has 0 radical (unpaired) electrons. The first-order valence-corrected chi connectivity index (χ1v) is 28.1. The van der Waals surface area contributed by atoms with Crippen LogP contribution < -0.4 is 21.2 Å². The highest BCUT2D eigenvalue weighted by atomic mass is 31.3. The highest BCUT2D eigenvalue weighted by Gasteiger charge is 2.45. The molecule has 4 atom stereocenters. The zero-order valence-corrected chi connectivity index (χ0v) is 46.4. The molecule has 428 valence electrons. The summed E-state index contributed by atoms with van der Waals surface area (Å²) in [6.07, 6.45) is 1.67. The fourth-order valence-corrected chi connectivity index (χ4v) is 12.1. The van der Waals surface area contributed by atoms with Crippen LogP contribution in [-0.4, -0.2) is 99.7 Å². The number of phenols is 1. The number of phosphoric ester groups is 2. The number of methoxy groups -OCH3 is 1. The van der Waals surface area contributed by atoms with Crippen LogP contribution >= 0.6 is 23.5 Å². The first kappa shape index (κ1) is 60.6. The Morgan fingerprint density at radius 3 is 2.38 bits per heavy atom. The van der Waals surface area contributed by atoms with Crippen molar-refractivity contribution in [1.82, 2.24) is 19.9 Å². The number of aromatic hydroxyl groups is 1. The third kappa shape index (κ3) is 14.1. The third-order valence-corrected chi connectivity index (χ3v) is 16.9. The van der Waals surface area contributed by atoms with E-state index >= 15 is 0 Å². The molecule has 31 heteroatoms. The minimum absolute atomic E-state index is 0.00571. The number of ether oxygens (including phenoxy) is 3. The number of hydrogen-bond acceptors (Lipinski definition) is 23. The lowest BCUT2D eigenvalue weighted by atomic mass is 9.89. The molecular weight excluding hydrogens is 1130 g/mol. The van der Waals surface area contributed by atoms with Crippen molar-refractivity contribution in [1.29, 1.82) is 0 Å². The van der Waals surface area contributed by atoms with E-state index in [1.807, 2.05) is 0 Å². The Kier molecular flexibility index (Phi) is 19.2. The van der Waals surface area contributed by atoms with Crippen molar-refractivity contribution in [2.45, 2.75) is 39.5 Å². The Morgan fingerprint density at radius 2 is 1.70 bits per heavy atom. The van der Waals surface area contributed by atoms with Gasteiger partial charge >= 0.3 is 29.4 Å². The summed E-state index contributed by atoms with van der Waals surface area (Å²) in [4.78, 5) is 68.4. The summed E-state index contributed by atoms with van der Waals surface area (Å²) in [5.74, 6) is 3.09. The average molecular weight is 1180 g/mol. The molecule has 0 saturated carbocycles. The van der Waals surface area contributed by atoms with Crippen molar-refractivity contribution in [3.8, 4) is 45.8 Å². The Labute approximate surface area is 459 Å². The second-order valence-electron chi connectivity index (χ2n) is 16.9. The van der Waals surface area contributed by atoms with Crippen LogP contribution in [0.5, 0.6) is 11.5 Å². The van der Waals surface area contributed by atoms with Gasteiger partial charge in [-0.25, -0.2) is 28.5 Å². The van der Waals surface area contributed by atoms with Gasteiger partial charge < -0.3 is 54.5 Å². The summed E-state index contributed by atoms with van der Waals surface area (Å²) in [6.45, 7) is 1.84. The number of nitrogens with zero attached hydrogens (tertiary/aromatic N) is 4. The smallest absolute Gasteiger partial charge is 0.492 e. The molecule has 2 aromatic heterocycles. The number of rotatable bonds is 25. The van der Waals surface area contributed by atoms with E-state index in [2.05, 4.69) is 40.5 Å². The number of phenolic OH excluding ortho intramolecular Hbond substituents is 1. The van der Waals surface area contributed by atoms with Gasteiger partial charge in [-0.1, -0.05) is 11.8 Å². The maximum absolute atomic E-state index is 13.6. The molecule has 0 bridgehead atoms. The van der Waals surface area contributed by atoms with E-state index in [-0.39, 0.29) is 106 Å². The number of nitro groups is 1. The molecule has 1 amide bonds. The topological polar surface area (TPSA) is 391 Å². The van der Waals surface area contributed by atoms with Crippen molar-refractivity contribution in [3.05, 3.63) is 139 Å². The van der Waals surface area contributed by atoms with E-state index in [1.54, 1.807) is 24.6 Å². The summed E-state index contributed by atoms with van der Waals surface area (Å²) < 4.78 is 90.6. The maximum Gasteiger partial charge on any atom is 0.492 e. The molecule has 3 heterocycles. The molecule has 0 fully saturated rings. The van der Waals surface area contributed by atoms with Gasteiger partial charge in [0.15, 0.2) is 11.2 Å². The summed E-state index contributed by atoms with van der Waals surface area (Å²) in [6, 6.07) is 14.8. The number of aromatic nitrogens is 3. The van der Waals surface area contributed by atoms with Crippen molar-refractivity contribution in [3.63, 3.8) is 0 Å². The zero-order chi connectivity index (χ0) is 59.0. The summed E-state index contributed by atoms with van der Waals surface area (Å²) in [7, 11) is -11.3. The van der Waals surface area contributed by atoms with Gasteiger partial charge in [-0.05, 0) is 67.9 Å². The standard InChI is InChI=1S/C50H51N6O22P3/c1-7-73-44(26-75-80(67,71-5)78-81(68,72-6)77-79(65,66)70-4)40(59)16-18-55-24-31(45-47(51)53-27-54-48(45)55)25-74-28(2)37-23-41(69-3)29(20-39(37)56(63)64)9-8-17-52-49(60)30-10-13-34(50(61)62)38(19-30)46-35-14-11-32(57)21-42(35)76-43-22-33(58)12-15-36(43)46/h10-15,19-24,27-28,57,59H,7,16-18,25-26H2,1-6H3,(H,52,60)(H,61,62)(H,65,66)(H2,51,53,54)/b44-40+/t28-,80?,81?/m0/s1. The molecule has 5 aromatic rings. The van der Waals surface area contributed by atoms with Gasteiger partial charge in [0.25, 0.3) is 11.6 Å². The van der Waals surface area contributed by atoms with Gasteiger partial charge in [0.1, 0.15) is 53.0 Å². The first-order valence-electron chi connectivity index (χ1n) is 23.7. The van der Waals surface area contributed by atoms with Crippen LogP contribution in [-0.2, 0) is 63.0 Å². The van der Waals surface area contributed by atoms with Crippen LogP contribution in [0.3, 0.4) is 0 Å². The largest absolute Gasteiger partial charge is 0.509 e. The number of carbonyl (C=O) groups excluding carboxylic acids is 1. The second kappa shape index (κ2) is 25.6. The number of anilines is 1. The third-order valence-electron chi connectivity index (χ3n) is 11.9. The van der Waals surface area contributed by atoms with E-state index < -0.39 is 58.7 Å². The summed E-state index contributed by atoms with van der Waals surface area (Å²) in [5, 5.41) is 47.5. The van der Waals surface area contributed by atoms with Crippen molar-refractivity contribution >= 4 is 68.9 Å². The minimum Gasteiger partial charge on any atom is -0.509 e.